The molecular weight excluding hydrogens is 244 g/mol. The average Bonchev–Trinajstić information content (AvgIpc) is 3.08. The van der Waals surface area contributed by atoms with E-state index in [0.29, 0.717) is 17.9 Å². The summed E-state index contributed by atoms with van der Waals surface area (Å²) in [4.78, 5) is 2.41. The Morgan fingerprint density at radius 2 is 2.17 bits per heavy atom. The van der Waals surface area contributed by atoms with Gasteiger partial charge in [0.2, 0.25) is 0 Å². The minimum Gasteiger partial charge on any atom is -0.383 e. The second kappa shape index (κ2) is 4.70. The topological polar surface area (TPSA) is 54.2 Å². The fourth-order valence-corrected chi connectivity index (χ4v) is 3.78. The van der Waals surface area contributed by atoms with Crippen molar-refractivity contribution in [2.24, 2.45) is 5.92 Å². The fourth-order valence-electron chi connectivity index (χ4n) is 2.92. The maximum Gasteiger partial charge on any atom is 0.142 e. The van der Waals surface area contributed by atoms with Crippen molar-refractivity contribution in [2.45, 2.75) is 38.1 Å². The predicted molar refractivity (Wildman–Crippen MR) is 77.2 cm³/mol. The molecular formula is C13H22N4S. The van der Waals surface area contributed by atoms with E-state index in [-0.39, 0.29) is 0 Å². The molecule has 1 aliphatic heterocycles. The van der Waals surface area contributed by atoms with Crippen LogP contribution in [0.3, 0.4) is 0 Å². The molecule has 2 unspecified atom stereocenters. The van der Waals surface area contributed by atoms with E-state index in [2.05, 4.69) is 28.6 Å². The first-order valence-corrected chi connectivity index (χ1v) is 7.62. The summed E-state index contributed by atoms with van der Waals surface area (Å²) in [7, 11) is 2.20. The molecule has 1 aliphatic carbocycles. The zero-order valence-electron chi connectivity index (χ0n) is 11.1. The highest BCUT2D eigenvalue weighted by atomic mass is 32.1. The molecule has 2 atom stereocenters. The number of nitrogens with zero attached hydrogens (tertiary/aromatic N) is 2. The van der Waals surface area contributed by atoms with Gasteiger partial charge in [-0.05, 0) is 56.2 Å². The minimum atomic E-state index is 0.568. The molecule has 3 N–H and O–H groups in total. The molecule has 2 aliphatic rings. The molecule has 4 nitrogen and oxygen atoms in total. The maximum absolute atomic E-state index is 6.00. The Morgan fingerprint density at radius 3 is 2.83 bits per heavy atom. The summed E-state index contributed by atoms with van der Waals surface area (Å²) in [5, 5.41) is 4.94. The van der Waals surface area contributed by atoms with Gasteiger partial charge in [-0.15, -0.1) is 0 Å². The quantitative estimate of drug-likeness (QED) is 0.882. The van der Waals surface area contributed by atoms with Crippen molar-refractivity contribution < 1.29 is 0 Å². The van der Waals surface area contributed by atoms with Gasteiger partial charge in [-0.2, -0.15) is 4.37 Å². The van der Waals surface area contributed by atoms with Gasteiger partial charge in [0.05, 0.1) is 0 Å². The van der Waals surface area contributed by atoms with Crippen molar-refractivity contribution in [1.82, 2.24) is 9.27 Å². The van der Waals surface area contributed by atoms with Gasteiger partial charge in [-0.3, -0.25) is 0 Å². The number of hydrogen-bond acceptors (Lipinski definition) is 5. The molecule has 0 radical (unpaired) electrons. The summed E-state index contributed by atoms with van der Waals surface area (Å²) in [5.74, 6) is 2.11. The van der Waals surface area contributed by atoms with E-state index in [0.717, 1.165) is 5.82 Å². The van der Waals surface area contributed by atoms with Gasteiger partial charge in [-0.1, -0.05) is 6.92 Å². The number of nitrogen functional groups attached to an aromatic ring is 1. The number of aromatic nitrogens is 1. The van der Waals surface area contributed by atoms with Crippen LogP contribution in [0.2, 0.25) is 0 Å². The van der Waals surface area contributed by atoms with E-state index in [1.165, 1.54) is 42.9 Å². The molecule has 0 spiro atoms. The Morgan fingerprint density at radius 1 is 1.39 bits per heavy atom. The van der Waals surface area contributed by atoms with Crippen LogP contribution in [0.4, 0.5) is 10.8 Å². The second-order valence-corrected chi connectivity index (χ2v) is 6.64. The molecule has 3 rings (SSSR count). The number of anilines is 2. The first kappa shape index (κ1) is 12.2. The average molecular weight is 266 g/mol. The van der Waals surface area contributed by atoms with Crippen molar-refractivity contribution in [1.29, 1.82) is 0 Å². The van der Waals surface area contributed by atoms with Crippen LogP contribution in [0, 0.1) is 5.92 Å². The molecule has 0 amide bonds. The fraction of sp³-hybridized carbons (Fsp3) is 0.769. The Hall–Kier alpha value is -0.810. The standard InChI is InChI=1S/C13H22N4S/c1-8-7-17(2)6-5-10(8)15-13-11(9-3-4-9)12(14)16-18-13/h8-10,15H,3-7H2,1-2H3,(H2,14,16). The summed E-state index contributed by atoms with van der Waals surface area (Å²) < 4.78 is 4.33. The van der Waals surface area contributed by atoms with Crippen molar-refractivity contribution >= 4 is 22.4 Å². The van der Waals surface area contributed by atoms with E-state index in [4.69, 9.17) is 5.73 Å². The number of likely N-dealkylation sites (tertiary alicyclic amines) is 1. The van der Waals surface area contributed by atoms with Gasteiger partial charge in [0, 0.05) is 18.2 Å². The first-order valence-electron chi connectivity index (χ1n) is 6.85. The predicted octanol–water partition coefficient (Wildman–Crippen LogP) is 2.35. The second-order valence-electron chi connectivity index (χ2n) is 5.86. The third-order valence-electron chi connectivity index (χ3n) is 4.17. The van der Waals surface area contributed by atoms with Gasteiger partial charge < -0.3 is 16.0 Å². The first-order chi connectivity index (χ1) is 8.65. The van der Waals surface area contributed by atoms with Crippen molar-refractivity contribution in [3.05, 3.63) is 5.56 Å². The molecule has 18 heavy (non-hydrogen) atoms. The number of piperidine rings is 1. The van der Waals surface area contributed by atoms with Gasteiger partial charge in [0.25, 0.3) is 0 Å². The monoisotopic (exact) mass is 266 g/mol. The zero-order chi connectivity index (χ0) is 12.7. The maximum atomic E-state index is 6.00. The smallest absolute Gasteiger partial charge is 0.142 e. The zero-order valence-corrected chi connectivity index (χ0v) is 12.0. The SMILES string of the molecule is CC1CN(C)CCC1Nc1snc(N)c1C1CC1. The highest BCUT2D eigenvalue weighted by molar-refractivity contribution is 7.10. The molecule has 2 heterocycles. The Balaban J connectivity index is 1.72. The molecule has 100 valence electrons. The molecule has 5 heteroatoms. The summed E-state index contributed by atoms with van der Waals surface area (Å²) in [6.45, 7) is 4.67. The number of nitrogens with two attached hydrogens (primary N) is 1. The summed E-state index contributed by atoms with van der Waals surface area (Å²) in [5.41, 5.74) is 7.29. The summed E-state index contributed by atoms with van der Waals surface area (Å²) in [6, 6.07) is 0.568. The normalized spacial score (nSPS) is 29.4. The molecule has 1 saturated heterocycles. The summed E-state index contributed by atoms with van der Waals surface area (Å²) in [6.07, 6.45) is 3.76. The lowest BCUT2D eigenvalue weighted by molar-refractivity contribution is 0.206. The number of hydrogen-bond donors (Lipinski definition) is 2. The lowest BCUT2D eigenvalue weighted by Gasteiger charge is -2.35. The van der Waals surface area contributed by atoms with Gasteiger partial charge in [-0.25, -0.2) is 0 Å². The molecule has 2 fully saturated rings. The number of rotatable bonds is 3. The van der Waals surface area contributed by atoms with Crippen LogP contribution in [0.1, 0.15) is 37.7 Å². The lowest BCUT2D eigenvalue weighted by atomic mass is 9.94. The molecule has 1 saturated carbocycles. The van der Waals surface area contributed by atoms with Crippen molar-refractivity contribution in [3.63, 3.8) is 0 Å². The van der Waals surface area contributed by atoms with Crippen LogP contribution in [-0.2, 0) is 0 Å². The molecule has 1 aromatic heterocycles. The Kier molecular flexibility index (Phi) is 3.20. The van der Waals surface area contributed by atoms with Crippen LogP contribution < -0.4 is 11.1 Å². The van der Waals surface area contributed by atoms with Crippen LogP contribution in [0.15, 0.2) is 0 Å². The van der Waals surface area contributed by atoms with Crippen LogP contribution in [0.25, 0.3) is 0 Å². The van der Waals surface area contributed by atoms with E-state index >= 15 is 0 Å². The molecule has 0 bridgehead atoms. The van der Waals surface area contributed by atoms with E-state index < -0.39 is 0 Å². The Labute approximate surface area is 113 Å². The van der Waals surface area contributed by atoms with Crippen molar-refractivity contribution in [3.8, 4) is 0 Å². The van der Waals surface area contributed by atoms with Gasteiger partial charge >= 0.3 is 0 Å². The Bertz CT molecular complexity index is 427. The molecule has 0 aromatic carbocycles. The molecule has 1 aromatic rings. The lowest BCUT2D eigenvalue weighted by Crippen LogP contribution is -2.43. The number of nitrogens with one attached hydrogen (secondary N) is 1. The van der Waals surface area contributed by atoms with Gasteiger partial charge in [0.1, 0.15) is 10.8 Å². The van der Waals surface area contributed by atoms with Crippen LogP contribution in [-0.4, -0.2) is 35.5 Å². The highest BCUT2D eigenvalue weighted by Gasteiger charge is 2.32. The largest absolute Gasteiger partial charge is 0.383 e. The van der Waals surface area contributed by atoms with E-state index in [1.807, 2.05) is 0 Å². The van der Waals surface area contributed by atoms with E-state index in [1.54, 1.807) is 11.5 Å². The van der Waals surface area contributed by atoms with Gasteiger partial charge in [0.15, 0.2) is 0 Å². The highest BCUT2D eigenvalue weighted by Crippen LogP contribution is 2.48. The van der Waals surface area contributed by atoms with Crippen LogP contribution >= 0.6 is 11.5 Å². The summed E-state index contributed by atoms with van der Waals surface area (Å²) >= 11 is 1.54. The van der Waals surface area contributed by atoms with E-state index in [9.17, 15) is 0 Å². The van der Waals surface area contributed by atoms with Crippen LogP contribution in [0.5, 0.6) is 0 Å². The third-order valence-corrected chi connectivity index (χ3v) is 4.97. The third kappa shape index (κ3) is 2.34. The minimum absolute atomic E-state index is 0.568. The van der Waals surface area contributed by atoms with Crippen molar-refractivity contribution in [2.75, 3.05) is 31.2 Å².